The number of fused-ring (bicyclic) bond motifs is 1. The molecule has 1 aromatic carbocycles. The topological polar surface area (TPSA) is 142 Å². The van der Waals surface area contributed by atoms with Crippen LogP contribution in [0.3, 0.4) is 0 Å². The van der Waals surface area contributed by atoms with E-state index in [1.165, 1.54) is 0 Å². The van der Waals surface area contributed by atoms with Crippen LogP contribution in [0.5, 0.6) is 0 Å². The molecule has 30 heavy (non-hydrogen) atoms. The van der Waals surface area contributed by atoms with Crippen LogP contribution in [0.2, 0.25) is 0 Å². The Morgan fingerprint density at radius 3 is 2.60 bits per heavy atom. The van der Waals surface area contributed by atoms with Crippen LogP contribution in [0.25, 0.3) is 0 Å². The van der Waals surface area contributed by atoms with Gasteiger partial charge in [-0.05, 0) is 44.4 Å². The molecular formula is C19H27N5O5S. The van der Waals surface area contributed by atoms with Crippen LogP contribution in [-0.4, -0.2) is 62.8 Å². The van der Waals surface area contributed by atoms with E-state index < -0.39 is 41.2 Å². The van der Waals surface area contributed by atoms with Gasteiger partial charge in [-0.15, -0.1) is 0 Å². The average molecular weight is 438 g/mol. The van der Waals surface area contributed by atoms with E-state index in [0.29, 0.717) is 43.9 Å². The highest BCUT2D eigenvalue weighted by Crippen LogP contribution is 2.32. The number of thiol groups is 1. The molecule has 2 aliphatic heterocycles. The summed E-state index contributed by atoms with van der Waals surface area (Å²) >= 11 is 0. The summed E-state index contributed by atoms with van der Waals surface area (Å²) in [6.45, 7) is 1.69. The first-order chi connectivity index (χ1) is 14.4. The highest BCUT2D eigenvalue weighted by molar-refractivity contribution is 7.74. The molecule has 3 rings (SSSR count). The summed E-state index contributed by atoms with van der Waals surface area (Å²) in [5.74, 6) is -1.32. The van der Waals surface area contributed by atoms with E-state index in [1.54, 1.807) is 29.2 Å². The Hall–Kier alpha value is -2.66. The maximum Gasteiger partial charge on any atom is 0.248 e. The molecule has 2 heterocycles. The largest absolute Gasteiger partial charge is 0.344 e. The van der Waals surface area contributed by atoms with Crippen molar-refractivity contribution in [1.29, 1.82) is 0 Å². The maximum absolute atomic E-state index is 12.8. The second kappa shape index (κ2) is 9.90. The van der Waals surface area contributed by atoms with Crippen LogP contribution < -0.4 is 20.7 Å². The maximum atomic E-state index is 12.8. The van der Waals surface area contributed by atoms with Crippen LogP contribution in [0.1, 0.15) is 32.1 Å². The number of benzene rings is 1. The predicted octanol–water partition coefficient (Wildman–Crippen LogP) is -0.424. The van der Waals surface area contributed by atoms with E-state index in [1.807, 2.05) is 0 Å². The zero-order valence-electron chi connectivity index (χ0n) is 16.6. The Bertz CT molecular complexity index is 876. The second-order valence-corrected chi connectivity index (χ2v) is 8.30. The van der Waals surface area contributed by atoms with Crippen molar-refractivity contribution in [2.24, 2.45) is 5.73 Å². The first-order valence-electron chi connectivity index (χ1n) is 10.0. The number of anilines is 2. The molecule has 10 nitrogen and oxygen atoms in total. The van der Waals surface area contributed by atoms with Gasteiger partial charge in [-0.3, -0.25) is 18.7 Å². The Morgan fingerprint density at radius 2 is 1.93 bits per heavy atom. The molecule has 164 valence electrons. The molecule has 2 atom stereocenters. The number of likely N-dealkylation sites (tertiary alicyclic amines) is 1. The minimum atomic E-state index is -3.15. The third-order valence-electron chi connectivity index (χ3n) is 5.31. The molecule has 1 saturated heterocycles. The number of carbonyl (C=O) groups excluding carboxylic acids is 3. The van der Waals surface area contributed by atoms with E-state index >= 15 is 0 Å². The van der Waals surface area contributed by atoms with Crippen molar-refractivity contribution in [3.05, 3.63) is 24.3 Å². The number of nitrogens with one attached hydrogen (secondary N) is 2. The summed E-state index contributed by atoms with van der Waals surface area (Å²) in [6, 6.07) is 4.51. The quantitative estimate of drug-likeness (QED) is 0.407. The summed E-state index contributed by atoms with van der Waals surface area (Å²) in [5.41, 5.74) is 6.23. The lowest BCUT2D eigenvalue weighted by molar-refractivity contribution is -0.136. The molecule has 0 aliphatic carbocycles. The third-order valence-corrected chi connectivity index (χ3v) is 6.16. The molecule has 1 unspecified atom stereocenters. The van der Waals surface area contributed by atoms with Crippen molar-refractivity contribution in [2.75, 3.05) is 29.3 Å². The van der Waals surface area contributed by atoms with Gasteiger partial charge >= 0.3 is 0 Å². The highest BCUT2D eigenvalue weighted by Gasteiger charge is 2.37. The van der Waals surface area contributed by atoms with Crippen molar-refractivity contribution in [1.82, 2.24) is 10.2 Å². The summed E-state index contributed by atoms with van der Waals surface area (Å²) in [6.07, 6.45) is 2.40. The molecule has 0 spiro atoms. The number of nitrogens with two attached hydrogens (primary N) is 1. The van der Waals surface area contributed by atoms with Crippen molar-refractivity contribution in [3.8, 4) is 0 Å². The van der Waals surface area contributed by atoms with Gasteiger partial charge in [0, 0.05) is 13.1 Å². The molecule has 2 aliphatic rings. The Balaban J connectivity index is 1.73. The molecule has 4 N–H and O–H groups in total. The van der Waals surface area contributed by atoms with Gasteiger partial charge in [0.15, 0.2) is 0 Å². The number of nitrogens with zero attached hydrogens (tertiary/aromatic N) is 2. The van der Waals surface area contributed by atoms with Crippen molar-refractivity contribution in [2.45, 2.75) is 44.2 Å². The van der Waals surface area contributed by atoms with Crippen LogP contribution >= 0.6 is 0 Å². The standard InChI is InChI=1S/C19H27N5O5S/c20-9-5-7-14(19(27)23-10-3-4-11-23)21-17(25)12-16-18(26)22-13-6-1-2-8-15(13)24(16)30(28)29/h1-2,6,8,14,16,30H,3-5,7,9-12,20H2,(H,21,25)(H,22,26)/t14-,16?/m1/s1. The van der Waals surface area contributed by atoms with Crippen molar-refractivity contribution in [3.63, 3.8) is 0 Å². The van der Waals surface area contributed by atoms with E-state index in [-0.39, 0.29) is 5.91 Å². The average Bonchev–Trinajstić information content (AvgIpc) is 3.25. The van der Waals surface area contributed by atoms with E-state index in [4.69, 9.17) is 5.73 Å². The number of hydrogen-bond donors (Lipinski definition) is 4. The van der Waals surface area contributed by atoms with Gasteiger partial charge in [0.2, 0.25) is 28.6 Å². The lowest BCUT2D eigenvalue weighted by atomic mass is 10.1. The van der Waals surface area contributed by atoms with Crippen LogP contribution in [0, 0.1) is 0 Å². The minimum absolute atomic E-state index is 0.167. The lowest BCUT2D eigenvalue weighted by Crippen LogP contribution is -2.52. The van der Waals surface area contributed by atoms with Gasteiger partial charge in [-0.25, -0.2) is 8.42 Å². The fraction of sp³-hybridized carbons (Fsp3) is 0.526. The Morgan fingerprint density at radius 1 is 1.23 bits per heavy atom. The smallest absolute Gasteiger partial charge is 0.248 e. The zero-order chi connectivity index (χ0) is 21.7. The Kier molecular flexibility index (Phi) is 7.27. The monoisotopic (exact) mass is 437 g/mol. The molecular weight excluding hydrogens is 410 g/mol. The summed E-state index contributed by atoms with van der Waals surface area (Å²) in [7, 11) is -3.15. The highest BCUT2D eigenvalue weighted by atomic mass is 32.2. The number of amides is 3. The summed E-state index contributed by atoms with van der Waals surface area (Å²) in [4.78, 5) is 39.7. The Labute approximate surface area is 176 Å². The van der Waals surface area contributed by atoms with Gasteiger partial charge in [-0.1, -0.05) is 12.1 Å². The third kappa shape index (κ3) is 4.90. The number of hydrogen-bond acceptors (Lipinski definition) is 6. The molecule has 11 heteroatoms. The number of rotatable bonds is 8. The van der Waals surface area contributed by atoms with Crippen molar-refractivity contribution < 1.29 is 22.8 Å². The summed E-state index contributed by atoms with van der Waals surface area (Å²) in [5, 5.41) is 5.33. The van der Waals surface area contributed by atoms with Gasteiger partial charge in [0.25, 0.3) is 0 Å². The predicted molar refractivity (Wildman–Crippen MR) is 112 cm³/mol. The van der Waals surface area contributed by atoms with Gasteiger partial charge in [0.05, 0.1) is 17.8 Å². The number of carbonyl (C=O) groups is 3. The first-order valence-corrected chi connectivity index (χ1v) is 11.2. The first kappa shape index (κ1) is 22.0. The van der Waals surface area contributed by atoms with E-state index in [2.05, 4.69) is 10.6 Å². The van der Waals surface area contributed by atoms with Gasteiger partial charge in [-0.2, -0.15) is 0 Å². The molecule has 1 fully saturated rings. The van der Waals surface area contributed by atoms with Gasteiger partial charge in [0.1, 0.15) is 12.1 Å². The minimum Gasteiger partial charge on any atom is -0.344 e. The van der Waals surface area contributed by atoms with E-state index in [0.717, 1.165) is 17.1 Å². The number of para-hydroxylation sites is 2. The normalized spacial score (nSPS) is 19.4. The lowest BCUT2D eigenvalue weighted by Gasteiger charge is -2.33. The van der Waals surface area contributed by atoms with Crippen molar-refractivity contribution >= 4 is 40.0 Å². The molecule has 0 radical (unpaired) electrons. The molecule has 0 aromatic heterocycles. The fourth-order valence-corrected chi connectivity index (χ4v) is 4.59. The SMILES string of the molecule is NCCC[C@@H](NC(=O)CC1C(=O)Nc2ccccc2N1[SH](=O)=O)C(=O)N1CCCC1. The second-order valence-electron chi connectivity index (χ2n) is 7.39. The zero-order valence-corrected chi connectivity index (χ0v) is 17.5. The molecule has 3 amide bonds. The molecule has 0 saturated carbocycles. The molecule has 1 aromatic rings. The molecule has 0 bridgehead atoms. The van der Waals surface area contributed by atoms with Crippen LogP contribution in [0.15, 0.2) is 24.3 Å². The van der Waals surface area contributed by atoms with Crippen LogP contribution in [0.4, 0.5) is 11.4 Å². The van der Waals surface area contributed by atoms with E-state index in [9.17, 15) is 22.8 Å². The summed E-state index contributed by atoms with van der Waals surface area (Å²) < 4.78 is 24.7. The van der Waals surface area contributed by atoms with Crippen LogP contribution in [-0.2, 0) is 25.3 Å². The van der Waals surface area contributed by atoms with Gasteiger partial charge < -0.3 is 21.3 Å². The fourth-order valence-electron chi connectivity index (χ4n) is 3.82.